The number of ether oxygens (including phenoxy) is 2. The van der Waals surface area contributed by atoms with Gasteiger partial charge in [0.25, 0.3) is 11.8 Å². The minimum absolute atomic E-state index is 0.134. The van der Waals surface area contributed by atoms with E-state index in [0.717, 1.165) is 11.1 Å². The van der Waals surface area contributed by atoms with Crippen LogP contribution in [0.3, 0.4) is 0 Å². The molecule has 8 heteroatoms. The van der Waals surface area contributed by atoms with Gasteiger partial charge in [0.2, 0.25) is 0 Å². The van der Waals surface area contributed by atoms with Crippen LogP contribution in [0.4, 0.5) is 0 Å². The molecule has 2 N–H and O–H groups in total. The molecule has 0 saturated carbocycles. The zero-order chi connectivity index (χ0) is 26.1. The first-order valence-electron chi connectivity index (χ1n) is 11.5. The molecule has 0 aliphatic rings. The number of amides is 2. The number of benzene rings is 3. The van der Waals surface area contributed by atoms with E-state index >= 15 is 0 Å². The van der Waals surface area contributed by atoms with Gasteiger partial charge in [0, 0.05) is 5.56 Å². The number of hydrogen-bond donors (Lipinski definition) is 2. The molecule has 7 nitrogen and oxygen atoms in total. The minimum atomic E-state index is -0.744. The van der Waals surface area contributed by atoms with Crippen molar-refractivity contribution in [2.45, 2.75) is 33.4 Å². The summed E-state index contributed by atoms with van der Waals surface area (Å²) in [6, 6.07) is 19.8. The SMILES string of the molecule is COc1cc(/C=N/NC(=O)C(NC(=O)c2ccc(C)cc2)C(C)C)cc(Br)c1OCc1ccccc1. The van der Waals surface area contributed by atoms with E-state index < -0.39 is 11.9 Å². The van der Waals surface area contributed by atoms with Crippen LogP contribution in [-0.4, -0.2) is 31.2 Å². The summed E-state index contributed by atoms with van der Waals surface area (Å²) >= 11 is 3.53. The molecular weight excluding hydrogens is 522 g/mol. The number of halogens is 1. The van der Waals surface area contributed by atoms with Crippen LogP contribution in [0.2, 0.25) is 0 Å². The highest BCUT2D eigenvalue weighted by Gasteiger charge is 2.24. The molecule has 0 radical (unpaired) electrons. The Kier molecular flexibility index (Phi) is 9.64. The van der Waals surface area contributed by atoms with Gasteiger partial charge in [0.15, 0.2) is 11.5 Å². The predicted molar refractivity (Wildman–Crippen MR) is 144 cm³/mol. The van der Waals surface area contributed by atoms with Crippen LogP contribution in [0.25, 0.3) is 0 Å². The van der Waals surface area contributed by atoms with Crippen molar-refractivity contribution in [1.29, 1.82) is 0 Å². The number of nitrogens with zero attached hydrogens (tertiary/aromatic N) is 1. The van der Waals surface area contributed by atoms with Crippen LogP contribution in [0.5, 0.6) is 11.5 Å². The maximum Gasteiger partial charge on any atom is 0.262 e. The molecule has 0 aliphatic carbocycles. The van der Waals surface area contributed by atoms with Gasteiger partial charge in [-0.2, -0.15) is 5.10 Å². The molecule has 188 valence electrons. The Hall–Kier alpha value is -3.65. The fourth-order valence-electron chi connectivity index (χ4n) is 3.39. The Labute approximate surface area is 220 Å². The molecule has 0 heterocycles. The van der Waals surface area contributed by atoms with Crippen molar-refractivity contribution in [3.63, 3.8) is 0 Å². The molecule has 1 atom stereocenters. The van der Waals surface area contributed by atoms with Crippen molar-refractivity contribution in [2.75, 3.05) is 7.11 Å². The first-order chi connectivity index (χ1) is 17.3. The van der Waals surface area contributed by atoms with E-state index in [0.29, 0.717) is 33.7 Å². The Morgan fingerprint density at radius 2 is 1.75 bits per heavy atom. The maximum atomic E-state index is 12.8. The summed E-state index contributed by atoms with van der Waals surface area (Å²) in [7, 11) is 1.56. The van der Waals surface area contributed by atoms with Crippen LogP contribution in [0.15, 0.2) is 76.3 Å². The average Bonchev–Trinajstić information content (AvgIpc) is 2.87. The van der Waals surface area contributed by atoms with Crippen molar-refractivity contribution >= 4 is 34.0 Å². The van der Waals surface area contributed by atoms with E-state index in [-0.39, 0.29) is 11.8 Å². The number of carbonyl (C=O) groups excluding carboxylic acids is 2. The number of nitrogens with one attached hydrogen (secondary N) is 2. The minimum Gasteiger partial charge on any atom is -0.493 e. The molecule has 0 bridgehead atoms. The van der Waals surface area contributed by atoms with Crippen molar-refractivity contribution in [3.8, 4) is 11.5 Å². The normalized spacial score (nSPS) is 11.8. The second-order valence-corrected chi connectivity index (χ2v) is 9.46. The summed E-state index contributed by atoms with van der Waals surface area (Å²) in [6.07, 6.45) is 1.51. The third-order valence-electron chi connectivity index (χ3n) is 5.42. The van der Waals surface area contributed by atoms with E-state index in [9.17, 15) is 9.59 Å². The van der Waals surface area contributed by atoms with Gasteiger partial charge in [-0.05, 0) is 64.2 Å². The highest BCUT2D eigenvalue weighted by Crippen LogP contribution is 2.36. The summed E-state index contributed by atoms with van der Waals surface area (Å²) in [5.74, 6) is 0.243. The molecule has 3 rings (SSSR count). The molecule has 1 unspecified atom stereocenters. The highest BCUT2D eigenvalue weighted by atomic mass is 79.9. The van der Waals surface area contributed by atoms with Gasteiger partial charge in [0.05, 0.1) is 17.8 Å². The lowest BCUT2D eigenvalue weighted by molar-refractivity contribution is -0.123. The largest absolute Gasteiger partial charge is 0.493 e. The zero-order valence-corrected chi connectivity index (χ0v) is 22.3. The first kappa shape index (κ1) is 26.9. The molecule has 3 aromatic carbocycles. The van der Waals surface area contributed by atoms with E-state index in [2.05, 4.69) is 31.8 Å². The van der Waals surface area contributed by atoms with Crippen molar-refractivity contribution in [3.05, 3.63) is 93.5 Å². The molecular formula is C28H30BrN3O4. The molecule has 2 amide bonds. The first-order valence-corrected chi connectivity index (χ1v) is 12.3. The lowest BCUT2D eigenvalue weighted by atomic mass is 10.0. The highest BCUT2D eigenvalue weighted by molar-refractivity contribution is 9.10. The Balaban J connectivity index is 1.65. The molecule has 0 aromatic heterocycles. The summed E-state index contributed by atoms with van der Waals surface area (Å²) < 4.78 is 12.1. The van der Waals surface area contributed by atoms with Crippen LogP contribution < -0.4 is 20.2 Å². The van der Waals surface area contributed by atoms with Gasteiger partial charge in [-0.25, -0.2) is 5.43 Å². The molecule has 36 heavy (non-hydrogen) atoms. The van der Waals surface area contributed by atoms with Gasteiger partial charge >= 0.3 is 0 Å². The number of rotatable bonds is 10. The smallest absolute Gasteiger partial charge is 0.262 e. The standard InChI is InChI=1S/C28H30BrN3O4/c1-18(2)25(31-27(33)22-12-10-19(3)11-13-22)28(34)32-30-16-21-14-23(29)26(24(15-21)35-4)36-17-20-8-6-5-7-9-20/h5-16,18,25H,17H2,1-4H3,(H,31,33)(H,32,34)/b30-16+. The van der Waals surface area contributed by atoms with E-state index in [1.54, 1.807) is 25.3 Å². The van der Waals surface area contributed by atoms with Gasteiger partial charge in [-0.3, -0.25) is 9.59 Å². The third kappa shape index (κ3) is 7.42. The summed E-state index contributed by atoms with van der Waals surface area (Å²) in [5, 5.41) is 6.88. The molecule has 0 fully saturated rings. The zero-order valence-electron chi connectivity index (χ0n) is 20.7. The molecule has 0 spiro atoms. The van der Waals surface area contributed by atoms with Crippen molar-refractivity contribution in [1.82, 2.24) is 10.7 Å². The Morgan fingerprint density at radius 3 is 2.39 bits per heavy atom. The fraction of sp³-hybridized carbons (Fsp3) is 0.250. The molecule has 0 aliphatic heterocycles. The summed E-state index contributed by atoms with van der Waals surface area (Å²) in [6.45, 7) is 6.06. The molecule has 3 aromatic rings. The van der Waals surface area contributed by atoms with E-state index in [4.69, 9.17) is 9.47 Å². The third-order valence-corrected chi connectivity index (χ3v) is 6.00. The topological polar surface area (TPSA) is 89.0 Å². The second-order valence-electron chi connectivity index (χ2n) is 8.60. The second kappa shape index (κ2) is 12.9. The van der Waals surface area contributed by atoms with E-state index in [1.807, 2.05) is 69.3 Å². The lowest BCUT2D eigenvalue weighted by Crippen LogP contribution is -2.48. The number of methoxy groups -OCH3 is 1. The Morgan fingerprint density at radius 1 is 1.06 bits per heavy atom. The van der Waals surface area contributed by atoms with Crippen LogP contribution in [-0.2, 0) is 11.4 Å². The average molecular weight is 552 g/mol. The number of carbonyl (C=O) groups is 2. The Bertz CT molecular complexity index is 1210. The van der Waals surface area contributed by atoms with Gasteiger partial charge in [0.1, 0.15) is 12.6 Å². The fourth-order valence-corrected chi connectivity index (χ4v) is 3.96. The van der Waals surface area contributed by atoms with Crippen molar-refractivity contribution in [2.24, 2.45) is 11.0 Å². The lowest BCUT2D eigenvalue weighted by Gasteiger charge is -2.20. The van der Waals surface area contributed by atoms with Crippen LogP contribution in [0, 0.1) is 12.8 Å². The maximum absolute atomic E-state index is 12.8. The quantitative estimate of drug-likeness (QED) is 0.266. The number of aryl methyl sites for hydroxylation is 1. The summed E-state index contributed by atoms with van der Waals surface area (Å²) in [4.78, 5) is 25.4. The predicted octanol–water partition coefficient (Wildman–Crippen LogP) is 5.25. The van der Waals surface area contributed by atoms with Crippen LogP contribution in [0.1, 0.15) is 40.9 Å². The monoisotopic (exact) mass is 551 g/mol. The summed E-state index contributed by atoms with van der Waals surface area (Å²) in [5.41, 5.74) is 5.80. The van der Waals surface area contributed by atoms with Gasteiger partial charge < -0.3 is 14.8 Å². The van der Waals surface area contributed by atoms with E-state index in [1.165, 1.54) is 6.21 Å². The van der Waals surface area contributed by atoms with Crippen molar-refractivity contribution < 1.29 is 19.1 Å². The van der Waals surface area contributed by atoms with Gasteiger partial charge in [-0.1, -0.05) is 61.9 Å². The molecule has 0 saturated heterocycles. The van der Waals surface area contributed by atoms with Gasteiger partial charge in [-0.15, -0.1) is 0 Å². The number of hydrogen-bond acceptors (Lipinski definition) is 5. The number of hydrazone groups is 1. The van der Waals surface area contributed by atoms with Crippen LogP contribution >= 0.6 is 15.9 Å².